The first kappa shape index (κ1) is 22.4. The van der Waals surface area contributed by atoms with Crippen molar-refractivity contribution in [2.24, 2.45) is 0 Å². The lowest BCUT2D eigenvalue weighted by Crippen LogP contribution is -2.32. The van der Waals surface area contributed by atoms with Crippen molar-refractivity contribution in [1.29, 1.82) is 5.26 Å². The number of hydrogen-bond donors (Lipinski definition) is 0. The van der Waals surface area contributed by atoms with Crippen LogP contribution in [-0.2, 0) is 4.74 Å². The molecule has 2 aliphatic rings. The predicted octanol–water partition coefficient (Wildman–Crippen LogP) is 3.77. The normalized spacial score (nSPS) is 23.3. The van der Waals surface area contributed by atoms with E-state index < -0.39 is 0 Å². The van der Waals surface area contributed by atoms with Crippen LogP contribution in [0.3, 0.4) is 0 Å². The molecule has 0 aromatic carbocycles. The Morgan fingerprint density at radius 3 is 2.50 bits per heavy atom. The van der Waals surface area contributed by atoms with Crippen LogP contribution in [0.1, 0.15) is 50.5 Å². The van der Waals surface area contributed by atoms with Crippen LogP contribution in [0, 0.1) is 11.3 Å². The molecule has 5 rings (SSSR count). The van der Waals surface area contributed by atoms with Gasteiger partial charge in [-0.05, 0) is 51.0 Å². The minimum atomic E-state index is 0.0490. The maximum atomic E-state index is 9.64. The van der Waals surface area contributed by atoms with Crippen molar-refractivity contribution >= 4 is 11.2 Å². The Morgan fingerprint density at radius 2 is 1.76 bits per heavy atom. The molecule has 0 radical (unpaired) electrons. The maximum absolute atomic E-state index is 9.64. The first-order valence-corrected chi connectivity index (χ1v) is 12.0. The zero-order valence-electron chi connectivity index (χ0n) is 19.5. The van der Waals surface area contributed by atoms with E-state index in [4.69, 9.17) is 14.2 Å². The molecule has 1 unspecified atom stereocenters. The van der Waals surface area contributed by atoms with Crippen molar-refractivity contribution in [2.45, 2.75) is 63.3 Å². The third-order valence-electron chi connectivity index (χ3n) is 6.74. The minimum absolute atomic E-state index is 0.0490. The fourth-order valence-electron chi connectivity index (χ4n) is 4.89. The van der Waals surface area contributed by atoms with Crippen LogP contribution in [0.5, 0.6) is 11.8 Å². The van der Waals surface area contributed by atoms with Crippen LogP contribution in [0.15, 0.2) is 36.9 Å². The summed E-state index contributed by atoms with van der Waals surface area (Å²) in [6.45, 7) is 1.79. The van der Waals surface area contributed by atoms with Crippen molar-refractivity contribution in [3.63, 3.8) is 0 Å². The second-order valence-electron chi connectivity index (χ2n) is 8.99. The third kappa shape index (κ3) is 4.92. The predicted molar refractivity (Wildman–Crippen MR) is 126 cm³/mol. The van der Waals surface area contributed by atoms with Gasteiger partial charge in [0.15, 0.2) is 0 Å². The van der Waals surface area contributed by atoms with Gasteiger partial charge in [-0.25, -0.2) is 14.5 Å². The molecule has 1 atom stereocenters. The Balaban J connectivity index is 1.34. The highest BCUT2D eigenvalue weighted by atomic mass is 16.5. The summed E-state index contributed by atoms with van der Waals surface area (Å²) < 4.78 is 19.9. The maximum Gasteiger partial charge on any atom is 0.316 e. The number of anilines is 1. The van der Waals surface area contributed by atoms with Gasteiger partial charge in [0.2, 0.25) is 0 Å². The molecule has 2 fully saturated rings. The van der Waals surface area contributed by atoms with Gasteiger partial charge in [-0.1, -0.05) is 0 Å². The summed E-state index contributed by atoms with van der Waals surface area (Å²) in [6.07, 6.45) is 14.1. The number of fused-ring (bicyclic) bond motifs is 1. The highest BCUT2D eigenvalue weighted by Gasteiger charge is 2.26. The van der Waals surface area contributed by atoms with E-state index in [9.17, 15) is 5.26 Å². The number of pyridine rings is 1. The van der Waals surface area contributed by atoms with Gasteiger partial charge in [-0.2, -0.15) is 10.4 Å². The molecule has 0 N–H and O–H groups in total. The molecular weight excluding hydrogens is 432 g/mol. The molecule has 9 nitrogen and oxygen atoms in total. The average molecular weight is 463 g/mol. The lowest BCUT2D eigenvalue weighted by atomic mass is 9.95. The van der Waals surface area contributed by atoms with Crippen LogP contribution in [0.25, 0.3) is 5.52 Å². The van der Waals surface area contributed by atoms with E-state index in [2.05, 4.69) is 32.1 Å². The molecule has 178 valence electrons. The van der Waals surface area contributed by atoms with Gasteiger partial charge >= 0.3 is 6.01 Å². The van der Waals surface area contributed by atoms with Crippen LogP contribution in [-0.4, -0.2) is 58.1 Å². The quantitative estimate of drug-likeness (QED) is 0.546. The van der Waals surface area contributed by atoms with Gasteiger partial charge in [0.25, 0.3) is 0 Å². The van der Waals surface area contributed by atoms with Gasteiger partial charge < -0.3 is 19.1 Å². The summed E-state index contributed by atoms with van der Waals surface area (Å²) >= 11 is 0. The lowest BCUT2D eigenvalue weighted by molar-refractivity contribution is 0.0756. The average Bonchev–Trinajstić information content (AvgIpc) is 3.14. The number of aromatic nitrogens is 4. The van der Waals surface area contributed by atoms with E-state index in [0.717, 1.165) is 69.2 Å². The molecule has 3 aromatic rings. The summed E-state index contributed by atoms with van der Waals surface area (Å²) in [4.78, 5) is 10.7. The fraction of sp³-hybridized carbons (Fsp3) is 0.520. The zero-order valence-corrected chi connectivity index (χ0v) is 19.5. The topological polar surface area (TPSA) is 97.8 Å². The Bertz CT molecular complexity index is 1140. The Hall–Kier alpha value is -3.38. The van der Waals surface area contributed by atoms with E-state index in [1.807, 2.05) is 6.20 Å². The second-order valence-corrected chi connectivity index (χ2v) is 8.99. The number of nitrogens with zero attached hydrogens (tertiary/aromatic N) is 6. The number of methoxy groups -OCH3 is 1. The fourth-order valence-corrected chi connectivity index (χ4v) is 4.89. The highest BCUT2D eigenvalue weighted by Crippen LogP contribution is 2.33. The summed E-state index contributed by atoms with van der Waals surface area (Å²) in [5.41, 5.74) is 2.28. The first-order chi connectivity index (χ1) is 16.7. The molecule has 0 amide bonds. The van der Waals surface area contributed by atoms with E-state index in [1.165, 1.54) is 0 Å². The third-order valence-corrected chi connectivity index (χ3v) is 6.74. The van der Waals surface area contributed by atoms with Crippen LogP contribution in [0.4, 0.5) is 5.69 Å². The van der Waals surface area contributed by atoms with Crippen LogP contribution < -0.4 is 14.4 Å². The molecule has 1 saturated heterocycles. The van der Waals surface area contributed by atoms with Crippen molar-refractivity contribution in [2.75, 3.05) is 25.1 Å². The SMILES string of the molecule is COC1CCCCN(c2cc(OC3CCC(Oc4ncccn4)CC3)c3c(C#N)cnn3c2)C1. The molecule has 1 aliphatic carbocycles. The van der Waals surface area contributed by atoms with Gasteiger partial charge in [0, 0.05) is 38.7 Å². The summed E-state index contributed by atoms with van der Waals surface area (Å²) in [5, 5.41) is 14.1. The smallest absolute Gasteiger partial charge is 0.316 e. The summed E-state index contributed by atoms with van der Waals surface area (Å²) in [6, 6.07) is 6.52. The Morgan fingerprint density at radius 1 is 1.00 bits per heavy atom. The molecular formula is C25H30N6O3. The number of ether oxygens (including phenoxy) is 3. The molecule has 1 saturated carbocycles. The molecule has 4 heterocycles. The van der Waals surface area contributed by atoms with Crippen LogP contribution in [0.2, 0.25) is 0 Å². The first-order valence-electron chi connectivity index (χ1n) is 12.0. The highest BCUT2D eigenvalue weighted by molar-refractivity contribution is 5.72. The molecule has 3 aromatic heterocycles. The van der Waals surface area contributed by atoms with Crippen molar-refractivity contribution in [3.05, 3.63) is 42.5 Å². The minimum Gasteiger partial charge on any atom is -0.488 e. The number of hydrogen-bond acceptors (Lipinski definition) is 8. The summed E-state index contributed by atoms with van der Waals surface area (Å²) in [7, 11) is 1.78. The van der Waals surface area contributed by atoms with Gasteiger partial charge in [0.05, 0.1) is 30.3 Å². The monoisotopic (exact) mass is 462 g/mol. The van der Waals surface area contributed by atoms with E-state index in [1.54, 1.807) is 36.3 Å². The van der Waals surface area contributed by atoms with Gasteiger partial charge in [-0.3, -0.25) is 0 Å². The molecule has 0 bridgehead atoms. The van der Waals surface area contributed by atoms with Crippen molar-refractivity contribution in [3.8, 4) is 17.8 Å². The standard InChI is InChI=1S/C25H30N6O3/c1-32-22-5-2-3-12-30(17-22)19-13-23(24-18(14-26)15-29-31(24)16-19)33-20-6-8-21(9-7-20)34-25-27-10-4-11-28-25/h4,10-11,13,15-16,20-22H,2-3,5-9,12,17H2,1H3. The largest absolute Gasteiger partial charge is 0.488 e. The lowest BCUT2D eigenvalue weighted by Gasteiger charge is -2.30. The van der Waals surface area contributed by atoms with Gasteiger partial charge in [-0.15, -0.1) is 0 Å². The van der Waals surface area contributed by atoms with E-state index >= 15 is 0 Å². The van der Waals surface area contributed by atoms with Crippen molar-refractivity contribution < 1.29 is 14.2 Å². The number of rotatable bonds is 6. The second kappa shape index (κ2) is 10.3. The van der Waals surface area contributed by atoms with Gasteiger partial charge in [0.1, 0.15) is 29.0 Å². The van der Waals surface area contributed by atoms with E-state index in [-0.39, 0.29) is 18.3 Å². The molecule has 34 heavy (non-hydrogen) atoms. The molecule has 0 spiro atoms. The zero-order chi connectivity index (χ0) is 23.3. The summed E-state index contributed by atoms with van der Waals surface area (Å²) in [5.74, 6) is 0.709. The molecule has 9 heteroatoms. The van der Waals surface area contributed by atoms with Crippen molar-refractivity contribution in [1.82, 2.24) is 19.6 Å². The Kier molecular flexibility index (Phi) is 6.77. The number of nitriles is 1. The van der Waals surface area contributed by atoms with E-state index in [0.29, 0.717) is 17.3 Å². The Labute approximate surface area is 199 Å². The molecule has 1 aliphatic heterocycles. The van der Waals surface area contributed by atoms with Crippen LogP contribution >= 0.6 is 0 Å².